The van der Waals surface area contributed by atoms with Crippen molar-refractivity contribution in [2.45, 2.75) is 105 Å². The normalized spacial score (nSPS) is 17.4. The highest BCUT2D eigenvalue weighted by molar-refractivity contribution is 6.67. The van der Waals surface area contributed by atoms with Crippen molar-refractivity contribution in [3.05, 3.63) is 140 Å². The topological polar surface area (TPSA) is 0 Å². The molecule has 0 aliphatic heterocycles. The van der Waals surface area contributed by atoms with E-state index in [1.54, 1.807) is 11.1 Å². The Hall–Kier alpha value is -3.42. The van der Waals surface area contributed by atoms with Crippen LogP contribution in [-0.2, 0) is 0 Å². The van der Waals surface area contributed by atoms with E-state index in [1.165, 1.54) is 66.0 Å². The fraction of sp³-hybridized carbons (Fsp3) is 0.364. The van der Waals surface area contributed by atoms with Crippen molar-refractivity contribution < 1.29 is 0 Å². The average Bonchev–Trinajstić information content (AvgIpc) is 3.51. The zero-order valence-electron chi connectivity index (χ0n) is 29.0. The maximum Gasteiger partial charge on any atom is 0.121 e. The predicted molar refractivity (Wildman–Crippen MR) is 198 cm³/mol. The summed E-state index contributed by atoms with van der Waals surface area (Å²) in [6.45, 7) is 23.3. The summed E-state index contributed by atoms with van der Waals surface area (Å²) in [5.41, 5.74) is 17.7. The Bertz CT molecular complexity index is 1640. The Morgan fingerprint density at radius 2 is 0.800 bits per heavy atom. The van der Waals surface area contributed by atoms with Crippen LogP contribution in [0, 0.1) is 0 Å². The van der Waals surface area contributed by atoms with E-state index >= 15 is 0 Å². The summed E-state index contributed by atoms with van der Waals surface area (Å²) in [7, 11) is 0.655. The van der Waals surface area contributed by atoms with E-state index in [2.05, 4.69) is 154 Å². The van der Waals surface area contributed by atoms with Crippen LogP contribution in [0.1, 0.15) is 160 Å². The van der Waals surface area contributed by atoms with Gasteiger partial charge in [-0.1, -0.05) is 162 Å². The van der Waals surface area contributed by atoms with Gasteiger partial charge in [0, 0.05) is 11.8 Å². The lowest BCUT2D eigenvalue weighted by molar-refractivity contribution is 0.785. The van der Waals surface area contributed by atoms with Crippen LogP contribution >= 0.6 is 0 Å². The van der Waals surface area contributed by atoms with Gasteiger partial charge in [0.1, 0.15) is 9.52 Å². The average molecular weight is 607 g/mol. The largest absolute Gasteiger partial charge is 0.121 e. The van der Waals surface area contributed by atoms with Gasteiger partial charge in [-0.3, -0.25) is 0 Å². The van der Waals surface area contributed by atoms with Crippen LogP contribution < -0.4 is 10.4 Å². The first-order valence-electron chi connectivity index (χ1n) is 17.1. The third-order valence-corrected chi connectivity index (χ3v) is 11.4. The molecule has 0 saturated carbocycles. The molecule has 0 amide bonds. The van der Waals surface area contributed by atoms with Gasteiger partial charge in [0.05, 0.1) is 0 Å². The van der Waals surface area contributed by atoms with E-state index in [9.17, 15) is 0 Å². The quantitative estimate of drug-likeness (QED) is 0.175. The van der Waals surface area contributed by atoms with Gasteiger partial charge in [-0.25, -0.2) is 0 Å². The van der Waals surface area contributed by atoms with Gasteiger partial charge in [0.25, 0.3) is 0 Å². The number of hydrogen-bond donors (Lipinski definition) is 0. The molecule has 1 heteroatoms. The summed E-state index contributed by atoms with van der Waals surface area (Å²) < 4.78 is 0. The van der Waals surface area contributed by atoms with E-state index in [0.29, 0.717) is 45.0 Å². The maximum absolute atomic E-state index is 2.46. The van der Waals surface area contributed by atoms with Crippen molar-refractivity contribution in [2.24, 2.45) is 0 Å². The van der Waals surface area contributed by atoms with Crippen LogP contribution in [0.2, 0.25) is 0 Å². The molecule has 6 rings (SSSR count). The summed E-state index contributed by atoms with van der Waals surface area (Å²) in [6.07, 6.45) is 4.93. The second-order valence-electron chi connectivity index (χ2n) is 14.8. The first-order valence-corrected chi connectivity index (χ1v) is 18.1. The van der Waals surface area contributed by atoms with Crippen molar-refractivity contribution in [3.63, 3.8) is 0 Å². The molecule has 4 aromatic rings. The van der Waals surface area contributed by atoms with E-state index in [0.717, 1.165) is 0 Å². The van der Waals surface area contributed by atoms with Gasteiger partial charge in [0.15, 0.2) is 0 Å². The van der Waals surface area contributed by atoms with Crippen LogP contribution in [-0.4, -0.2) is 9.52 Å². The summed E-state index contributed by atoms with van der Waals surface area (Å²) in [5, 5.41) is 2.80. The molecule has 2 aliphatic rings. The highest BCUT2D eigenvalue weighted by atomic mass is 28.2. The zero-order chi connectivity index (χ0) is 32.2. The molecule has 230 valence electrons. The molecule has 0 heterocycles. The highest BCUT2D eigenvalue weighted by Gasteiger charge is 2.30. The van der Waals surface area contributed by atoms with Crippen molar-refractivity contribution in [1.29, 1.82) is 0 Å². The molecule has 0 spiro atoms. The van der Waals surface area contributed by atoms with Crippen LogP contribution in [0.25, 0.3) is 12.2 Å². The number of benzene rings is 4. The second-order valence-corrected chi connectivity index (χ2v) is 16.2. The van der Waals surface area contributed by atoms with Crippen LogP contribution in [0.4, 0.5) is 0 Å². The van der Waals surface area contributed by atoms with Crippen molar-refractivity contribution in [1.82, 2.24) is 0 Å². The molecule has 2 radical (unpaired) electrons. The highest BCUT2D eigenvalue weighted by Crippen LogP contribution is 2.46. The first-order chi connectivity index (χ1) is 21.5. The summed E-state index contributed by atoms with van der Waals surface area (Å²) >= 11 is 0. The molecule has 0 fully saturated rings. The SMILES string of the molecule is CC1=Cc2c(ccc(C(C)C)c2C(C)C)C1c1ccc([Si]c2ccc(C3C(C)=Cc4c3ccc(C(C)C)c4C(C)C)cc2)cc1. The fourth-order valence-corrected chi connectivity index (χ4v) is 9.14. The van der Waals surface area contributed by atoms with Crippen molar-refractivity contribution in [3.8, 4) is 0 Å². The molecule has 0 nitrogen and oxygen atoms in total. The molecular weight excluding hydrogens is 557 g/mol. The van der Waals surface area contributed by atoms with Crippen LogP contribution in [0.15, 0.2) is 83.9 Å². The van der Waals surface area contributed by atoms with E-state index < -0.39 is 0 Å². The number of rotatable bonds is 8. The lowest BCUT2D eigenvalue weighted by atomic mass is 9.82. The molecule has 0 aromatic heterocycles. The van der Waals surface area contributed by atoms with Crippen LogP contribution in [0.3, 0.4) is 0 Å². The molecule has 0 N–H and O–H groups in total. The first kappa shape index (κ1) is 31.6. The standard InChI is InChI=1S/C44H50Si/c1-25(2)35-19-21-37-39(41(35)27(5)6)23-29(9)43(37)31-11-15-33(16-12-31)45-34-17-13-32(14-18-34)44-30(10)24-40-38(44)22-20-36(26(3)4)42(40)28(7)8/h11-28,43-44H,1-10H3. The number of allylic oxidation sites excluding steroid dienone is 2. The number of fused-ring (bicyclic) bond motifs is 2. The molecule has 2 aliphatic carbocycles. The monoisotopic (exact) mass is 606 g/mol. The van der Waals surface area contributed by atoms with Crippen molar-refractivity contribution >= 4 is 32.0 Å². The van der Waals surface area contributed by atoms with E-state index in [4.69, 9.17) is 0 Å². The minimum Gasteiger partial charge on any atom is -0.0628 e. The summed E-state index contributed by atoms with van der Waals surface area (Å²) in [5.74, 6) is 2.84. The molecule has 0 bridgehead atoms. The third-order valence-electron chi connectivity index (χ3n) is 10.2. The predicted octanol–water partition coefficient (Wildman–Crippen LogP) is 10.9. The smallest absolute Gasteiger partial charge is 0.0628 e. The molecular formula is C44H50Si. The molecule has 45 heavy (non-hydrogen) atoms. The molecule has 2 unspecified atom stereocenters. The lowest BCUT2D eigenvalue weighted by Crippen LogP contribution is -2.27. The third kappa shape index (κ3) is 5.74. The molecule has 2 atom stereocenters. The Kier molecular flexibility index (Phi) is 8.70. The summed E-state index contributed by atoms with van der Waals surface area (Å²) in [6, 6.07) is 28.5. The van der Waals surface area contributed by atoms with Gasteiger partial charge in [-0.2, -0.15) is 0 Å². The number of hydrogen-bond acceptors (Lipinski definition) is 0. The van der Waals surface area contributed by atoms with Gasteiger partial charge in [-0.15, -0.1) is 0 Å². The Morgan fingerprint density at radius 3 is 1.11 bits per heavy atom. The fourth-order valence-electron chi connectivity index (χ4n) is 8.14. The van der Waals surface area contributed by atoms with Gasteiger partial charge in [0.2, 0.25) is 0 Å². The summed E-state index contributed by atoms with van der Waals surface area (Å²) in [4.78, 5) is 0. The minimum absolute atomic E-state index is 0.355. The van der Waals surface area contributed by atoms with Gasteiger partial charge in [-0.05, 0) is 93.2 Å². The van der Waals surface area contributed by atoms with Gasteiger partial charge < -0.3 is 0 Å². The minimum atomic E-state index is 0.355. The second kappa shape index (κ2) is 12.4. The lowest BCUT2D eigenvalue weighted by Gasteiger charge is -2.22. The van der Waals surface area contributed by atoms with Gasteiger partial charge >= 0.3 is 0 Å². The zero-order valence-corrected chi connectivity index (χ0v) is 30.0. The maximum atomic E-state index is 2.46. The van der Waals surface area contributed by atoms with Crippen LogP contribution in [0.5, 0.6) is 0 Å². The molecule has 0 saturated heterocycles. The van der Waals surface area contributed by atoms with Crippen molar-refractivity contribution in [2.75, 3.05) is 0 Å². The Labute approximate surface area is 275 Å². The Balaban J connectivity index is 1.21. The Morgan fingerprint density at radius 1 is 0.444 bits per heavy atom. The van der Waals surface area contributed by atoms with E-state index in [-0.39, 0.29) is 0 Å². The molecule has 4 aromatic carbocycles. The van der Waals surface area contributed by atoms with E-state index in [1.807, 2.05) is 0 Å².